The molecule has 1 aliphatic heterocycles. The number of rotatable bonds is 4. The molecule has 1 fully saturated rings. The van der Waals surface area contributed by atoms with Crippen molar-refractivity contribution in [1.82, 2.24) is 4.57 Å². The number of aliphatic hydroxyl groups is 2. The summed E-state index contributed by atoms with van der Waals surface area (Å²) >= 11 is 0. The van der Waals surface area contributed by atoms with Crippen molar-refractivity contribution in [2.75, 3.05) is 14.2 Å². The van der Waals surface area contributed by atoms with Gasteiger partial charge in [-0.05, 0) is 81.0 Å². The van der Waals surface area contributed by atoms with Gasteiger partial charge >= 0.3 is 11.9 Å². The quantitative estimate of drug-likeness (QED) is 0.438. The van der Waals surface area contributed by atoms with E-state index in [-0.39, 0.29) is 12.5 Å². The molecule has 2 aliphatic rings. The van der Waals surface area contributed by atoms with Crippen LogP contribution in [0, 0.1) is 0 Å². The third-order valence-electron chi connectivity index (χ3n) is 7.95. The van der Waals surface area contributed by atoms with Crippen LogP contribution in [0.5, 0.6) is 5.75 Å². The first-order chi connectivity index (χ1) is 18.5. The number of carbonyl (C=O) groups excluding carboxylic acids is 2. The summed E-state index contributed by atoms with van der Waals surface area (Å²) < 4.78 is 17.9. The van der Waals surface area contributed by atoms with Crippen LogP contribution >= 0.6 is 0 Å². The summed E-state index contributed by atoms with van der Waals surface area (Å²) in [5.74, 6) is -0.653. The van der Waals surface area contributed by atoms with Crippen molar-refractivity contribution in [2.45, 2.75) is 82.6 Å². The van der Waals surface area contributed by atoms with Gasteiger partial charge in [-0.1, -0.05) is 25.3 Å². The van der Waals surface area contributed by atoms with E-state index >= 15 is 0 Å². The number of nitrogens with zero attached hydrogens (tertiary/aromatic N) is 1. The number of benzene rings is 2. The monoisotopic (exact) mass is 535 g/mol. The van der Waals surface area contributed by atoms with Gasteiger partial charge in [-0.3, -0.25) is 0 Å². The van der Waals surface area contributed by atoms with E-state index in [0.717, 1.165) is 42.3 Å². The molecule has 2 heterocycles. The zero-order valence-electron chi connectivity index (χ0n) is 23.2. The van der Waals surface area contributed by atoms with E-state index < -0.39 is 29.2 Å². The van der Waals surface area contributed by atoms with Gasteiger partial charge < -0.3 is 29.0 Å². The Bertz CT molecular complexity index is 1430. The maximum Gasteiger partial charge on any atom is 0.342 e. The van der Waals surface area contributed by atoms with Gasteiger partial charge in [0.2, 0.25) is 5.60 Å². The van der Waals surface area contributed by atoms with E-state index in [1.807, 2.05) is 43.5 Å². The van der Waals surface area contributed by atoms with Crippen LogP contribution in [-0.4, -0.2) is 52.1 Å². The second kappa shape index (κ2) is 9.99. The zero-order valence-corrected chi connectivity index (χ0v) is 23.2. The van der Waals surface area contributed by atoms with Crippen molar-refractivity contribution in [3.63, 3.8) is 0 Å². The van der Waals surface area contributed by atoms with Crippen LogP contribution in [0.15, 0.2) is 36.4 Å². The third-order valence-corrected chi connectivity index (χ3v) is 7.95. The normalized spacial score (nSPS) is 21.6. The van der Waals surface area contributed by atoms with Crippen molar-refractivity contribution < 1.29 is 34.0 Å². The van der Waals surface area contributed by atoms with E-state index in [1.54, 1.807) is 18.2 Å². The second-order valence-electron chi connectivity index (χ2n) is 11.7. The molecule has 0 saturated heterocycles. The van der Waals surface area contributed by atoms with Gasteiger partial charge in [0.05, 0.1) is 32.0 Å². The highest BCUT2D eigenvalue weighted by atomic mass is 16.6. The molecule has 0 bridgehead atoms. The molecule has 5 rings (SSSR count). The highest BCUT2D eigenvalue weighted by Crippen LogP contribution is 2.50. The standard InChI is InChI=1S/C31H37NO7/c1-30(2,3)39-28(34)19-11-13-22-24(15-19)32-17-31(36,29(35)38-5)27(33)23-16-20(37-4)12-14-21(23)26(32)25(22)18-9-7-6-8-10-18/h11-16,18,27,33,36H,6-10,17H2,1-5H3/t27-,31+/m1/s1. The Morgan fingerprint density at radius 1 is 1.03 bits per heavy atom. The summed E-state index contributed by atoms with van der Waals surface area (Å²) in [6.45, 7) is 5.19. The maximum atomic E-state index is 13.1. The Balaban J connectivity index is 1.84. The summed E-state index contributed by atoms with van der Waals surface area (Å²) in [5, 5.41) is 24.3. The van der Waals surface area contributed by atoms with Gasteiger partial charge in [0.1, 0.15) is 17.5 Å². The Morgan fingerprint density at radius 3 is 2.38 bits per heavy atom. The molecule has 208 valence electrons. The minimum Gasteiger partial charge on any atom is -0.497 e. The molecule has 0 radical (unpaired) electrons. The molecule has 8 nitrogen and oxygen atoms in total. The van der Waals surface area contributed by atoms with Gasteiger partial charge in [-0.25, -0.2) is 9.59 Å². The molecule has 8 heteroatoms. The number of fused-ring (bicyclic) bond motifs is 5. The van der Waals surface area contributed by atoms with Crippen molar-refractivity contribution in [1.29, 1.82) is 0 Å². The van der Waals surface area contributed by atoms with E-state index in [1.165, 1.54) is 20.6 Å². The second-order valence-corrected chi connectivity index (χ2v) is 11.7. The van der Waals surface area contributed by atoms with E-state index in [2.05, 4.69) is 0 Å². The fourth-order valence-electron chi connectivity index (χ4n) is 6.15. The van der Waals surface area contributed by atoms with Crippen molar-refractivity contribution in [3.8, 4) is 17.0 Å². The molecule has 2 atom stereocenters. The van der Waals surface area contributed by atoms with E-state index in [9.17, 15) is 19.8 Å². The molecule has 39 heavy (non-hydrogen) atoms. The molecule has 2 aromatic carbocycles. The Kier molecular flexibility index (Phi) is 6.97. The molecular weight excluding hydrogens is 498 g/mol. The first-order valence-corrected chi connectivity index (χ1v) is 13.5. The van der Waals surface area contributed by atoms with Gasteiger partial charge in [0.15, 0.2) is 0 Å². The fraction of sp³-hybridized carbons (Fsp3) is 0.484. The molecule has 0 unspecified atom stereocenters. The summed E-state index contributed by atoms with van der Waals surface area (Å²) in [6, 6.07) is 10.8. The first kappa shape index (κ1) is 27.2. The maximum absolute atomic E-state index is 13.1. The van der Waals surface area contributed by atoms with E-state index in [0.29, 0.717) is 28.0 Å². The highest BCUT2D eigenvalue weighted by Gasteiger charge is 2.50. The highest BCUT2D eigenvalue weighted by molar-refractivity contribution is 6.00. The zero-order chi connectivity index (χ0) is 28.1. The van der Waals surface area contributed by atoms with Crippen molar-refractivity contribution in [2.24, 2.45) is 0 Å². The number of aliphatic hydroxyl groups excluding tert-OH is 1. The Hall–Kier alpha value is -3.36. The predicted molar refractivity (Wildman–Crippen MR) is 147 cm³/mol. The summed E-state index contributed by atoms with van der Waals surface area (Å²) in [6.07, 6.45) is 3.85. The number of hydrogen-bond donors (Lipinski definition) is 2. The average Bonchev–Trinajstić information content (AvgIpc) is 3.19. The molecule has 1 aliphatic carbocycles. The minimum atomic E-state index is -2.28. The van der Waals surface area contributed by atoms with Gasteiger partial charge in [0, 0.05) is 16.5 Å². The van der Waals surface area contributed by atoms with E-state index in [4.69, 9.17) is 14.2 Å². The Morgan fingerprint density at radius 2 is 1.74 bits per heavy atom. The van der Waals surface area contributed by atoms with Crippen LogP contribution in [0.25, 0.3) is 22.2 Å². The fourth-order valence-corrected chi connectivity index (χ4v) is 6.15. The number of methoxy groups -OCH3 is 2. The van der Waals surface area contributed by atoms with Crippen LogP contribution in [0.2, 0.25) is 0 Å². The largest absolute Gasteiger partial charge is 0.497 e. The average molecular weight is 536 g/mol. The van der Waals surface area contributed by atoms with Crippen molar-refractivity contribution >= 4 is 22.8 Å². The molecule has 0 spiro atoms. The number of ether oxygens (including phenoxy) is 3. The molecule has 0 amide bonds. The van der Waals surface area contributed by atoms with Crippen LogP contribution in [0.3, 0.4) is 0 Å². The lowest BCUT2D eigenvalue weighted by Gasteiger charge is -2.29. The van der Waals surface area contributed by atoms with Gasteiger partial charge in [-0.2, -0.15) is 0 Å². The van der Waals surface area contributed by atoms with Gasteiger partial charge in [0.25, 0.3) is 0 Å². The Labute approximate surface area is 228 Å². The lowest BCUT2D eigenvalue weighted by atomic mass is 9.81. The molecule has 2 N–H and O–H groups in total. The first-order valence-electron chi connectivity index (χ1n) is 13.5. The number of esters is 2. The number of carbonyl (C=O) groups is 2. The SMILES string of the molecule is COC(=O)[C@]1(O)Cn2c(c(C3CCCCC3)c3ccc(C(=O)OC(C)(C)C)cc32)-c2ccc(OC)cc2[C@H]1O. The number of aromatic nitrogens is 1. The molecule has 1 aromatic heterocycles. The topological polar surface area (TPSA) is 107 Å². The minimum absolute atomic E-state index is 0.251. The molecule has 3 aromatic rings. The molecule has 1 saturated carbocycles. The predicted octanol–water partition coefficient (Wildman–Crippen LogP) is 5.27. The van der Waals surface area contributed by atoms with Gasteiger partial charge in [-0.15, -0.1) is 0 Å². The molecular formula is C31H37NO7. The summed E-state index contributed by atoms with van der Waals surface area (Å²) in [7, 11) is 2.72. The summed E-state index contributed by atoms with van der Waals surface area (Å²) in [4.78, 5) is 26.1. The van der Waals surface area contributed by atoms with Crippen LogP contribution in [0.1, 0.15) is 86.4 Å². The van der Waals surface area contributed by atoms with Crippen molar-refractivity contribution in [3.05, 3.63) is 53.1 Å². The van der Waals surface area contributed by atoms with Crippen LogP contribution in [0.4, 0.5) is 0 Å². The van der Waals surface area contributed by atoms with Crippen LogP contribution < -0.4 is 4.74 Å². The lowest BCUT2D eigenvalue weighted by molar-refractivity contribution is -0.178. The number of hydrogen-bond acceptors (Lipinski definition) is 7. The lowest BCUT2D eigenvalue weighted by Crippen LogP contribution is -2.48. The summed E-state index contributed by atoms with van der Waals surface area (Å²) in [5.41, 5.74) is 1.14. The smallest absolute Gasteiger partial charge is 0.342 e. The third kappa shape index (κ3) is 4.70. The van der Waals surface area contributed by atoms with Crippen LogP contribution in [-0.2, 0) is 20.8 Å².